The average Bonchev–Trinajstić information content (AvgIpc) is 2.63. The Bertz CT molecular complexity index is 830. The Labute approximate surface area is 153 Å². The number of alkyl halides is 3. The van der Waals surface area contributed by atoms with E-state index in [1.807, 2.05) is 6.08 Å². The summed E-state index contributed by atoms with van der Waals surface area (Å²) in [6.07, 6.45) is -2.23. The molecule has 0 aromatic heterocycles. The largest absolute Gasteiger partial charge is 0.573 e. The molecule has 0 unspecified atom stereocenters. The second-order valence-electron chi connectivity index (χ2n) is 5.93. The van der Waals surface area contributed by atoms with E-state index >= 15 is 0 Å². The van der Waals surface area contributed by atoms with Crippen LogP contribution in [0.15, 0.2) is 54.6 Å². The minimum atomic E-state index is -4.76. The van der Waals surface area contributed by atoms with Gasteiger partial charge in [-0.15, -0.1) is 13.2 Å². The Morgan fingerprint density at radius 1 is 1.04 bits per heavy atom. The quantitative estimate of drug-likeness (QED) is 0.758. The zero-order valence-corrected chi connectivity index (χ0v) is 14.1. The highest BCUT2D eigenvalue weighted by atomic mass is 19.4. The molecule has 1 aliphatic rings. The molecule has 8 heteroatoms. The first-order valence-corrected chi connectivity index (χ1v) is 8.17. The van der Waals surface area contributed by atoms with Crippen molar-refractivity contribution in [2.75, 3.05) is 18.4 Å². The van der Waals surface area contributed by atoms with Gasteiger partial charge in [0.05, 0.1) is 0 Å². The van der Waals surface area contributed by atoms with Crippen molar-refractivity contribution in [3.8, 4) is 5.75 Å². The summed E-state index contributed by atoms with van der Waals surface area (Å²) in [4.78, 5) is 13.9. The van der Waals surface area contributed by atoms with Crippen LogP contribution < -0.4 is 10.1 Å². The molecule has 0 aliphatic carbocycles. The molecule has 2 aromatic rings. The Hall–Kier alpha value is -3.03. The van der Waals surface area contributed by atoms with Gasteiger partial charge >= 0.3 is 12.4 Å². The van der Waals surface area contributed by atoms with Crippen LogP contribution in [0, 0.1) is 5.82 Å². The van der Waals surface area contributed by atoms with Crippen LogP contribution in [0.2, 0.25) is 0 Å². The molecule has 2 amide bonds. The second-order valence-corrected chi connectivity index (χ2v) is 5.93. The Morgan fingerprint density at radius 3 is 2.26 bits per heavy atom. The highest BCUT2D eigenvalue weighted by molar-refractivity contribution is 5.90. The number of amides is 2. The van der Waals surface area contributed by atoms with Gasteiger partial charge in [-0.05, 0) is 54.0 Å². The third-order valence-corrected chi connectivity index (χ3v) is 4.05. The second kappa shape index (κ2) is 7.69. The Morgan fingerprint density at radius 2 is 1.70 bits per heavy atom. The first-order chi connectivity index (χ1) is 12.8. The number of anilines is 1. The summed E-state index contributed by atoms with van der Waals surface area (Å²) in [7, 11) is 0. The monoisotopic (exact) mass is 380 g/mol. The van der Waals surface area contributed by atoms with Crippen molar-refractivity contribution in [1.82, 2.24) is 4.90 Å². The first-order valence-electron chi connectivity index (χ1n) is 8.17. The number of hydrogen-bond donors (Lipinski definition) is 1. The van der Waals surface area contributed by atoms with Crippen LogP contribution in [0.4, 0.5) is 28.0 Å². The van der Waals surface area contributed by atoms with E-state index in [4.69, 9.17) is 0 Å². The molecule has 27 heavy (non-hydrogen) atoms. The number of hydrogen-bond acceptors (Lipinski definition) is 2. The third kappa shape index (κ3) is 5.22. The molecule has 1 aliphatic heterocycles. The van der Waals surface area contributed by atoms with Crippen LogP contribution in [0.5, 0.6) is 5.75 Å². The summed E-state index contributed by atoms with van der Waals surface area (Å²) in [5, 5.41) is 2.64. The van der Waals surface area contributed by atoms with Crippen LogP contribution in [0.1, 0.15) is 12.0 Å². The lowest BCUT2D eigenvalue weighted by molar-refractivity contribution is -0.274. The summed E-state index contributed by atoms with van der Waals surface area (Å²) < 4.78 is 53.2. The highest BCUT2D eigenvalue weighted by Crippen LogP contribution is 2.25. The summed E-state index contributed by atoms with van der Waals surface area (Å²) in [5.74, 6) is -0.659. The molecule has 0 radical (unpaired) electrons. The van der Waals surface area contributed by atoms with Crippen molar-refractivity contribution in [3.05, 3.63) is 66.0 Å². The molecular formula is C19H16F4N2O2. The number of carbonyl (C=O) groups excluding carboxylic acids is 1. The third-order valence-electron chi connectivity index (χ3n) is 4.05. The standard InChI is InChI=1S/C19H16F4N2O2/c20-15-3-1-13(2-4-15)14-9-11-25(12-10-14)18(26)24-16-5-7-17(8-6-16)27-19(21,22)23/h1-9H,10-12H2,(H,24,26). The number of rotatable bonds is 3. The van der Waals surface area contributed by atoms with Gasteiger partial charge in [-0.2, -0.15) is 0 Å². The van der Waals surface area contributed by atoms with Crippen LogP contribution in [0.3, 0.4) is 0 Å². The lowest BCUT2D eigenvalue weighted by Gasteiger charge is -2.27. The molecule has 1 heterocycles. The zero-order valence-electron chi connectivity index (χ0n) is 14.1. The topological polar surface area (TPSA) is 41.6 Å². The van der Waals surface area contributed by atoms with Crippen LogP contribution in [0.25, 0.3) is 5.57 Å². The van der Waals surface area contributed by atoms with Crippen LogP contribution >= 0.6 is 0 Å². The number of carbonyl (C=O) groups is 1. The lowest BCUT2D eigenvalue weighted by atomic mass is 10.00. The fourth-order valence-corrected chi connectivity index (χ4v) is 2.72. The van der Waals surface area contributed by atoms with Crippen LogP contribution in [-0.4, -0.2) is 30.4 Å². The number of nitrogens with zero attached hydrogens (tertiary/aromatic N) is 1. The van der Waals surface area contributed by atoms with Crippen LogP contribution in [-0.2, 0) is 0 Å². The zero-order chi connectivity index (χ0) is 19.4. The first kappa shape index (κ1) is 18.8. The SMILES string of the molecule is O=C(Nc1ccc(OC(F)(F)F)cc1)N1CC=C(c2ccc(F)cc2)CC1. The van der Waals surface area contributed by atoms with E-state index in [2.05, 4.69) is 10.1 Å². The molecule has 0 fully saturated rings. The van der Waals surface area contributed by atoms with Gasteiger partial charge in [-0.1, -0.05) is 18.2 Å². The van der Waals surface area contributed by atoms with Crippen molar-refractivity contribution < 1.29 is 27.1 Å². The fraction of sp³-hybridized carbons (Fsp3) is 0.211. The summed E-state index contributed by atoms with van der Waals surface area (Å²) in [6.45, 7) is 0.859. The van der Waals surface area contributed by atoms with E-state index < -0.39 is 6.36 Å². The maximum absolute atomic E-state index is 13.0. The molecule has 1 N–H and O–H groups in total. The minimum Gasteiger partial charge on any atom is -0.406 e. The van der Waals surface area contributed by atoms with Gasteiger partial charge in [0.1, 0.15) is 11.6 Å². The van der Waals surface area contributed by atoms with Crippen molar-refractivity contribution in [2.24, 2.45) is 0 Å². The van der Waals surface area contributed by atoms with Gasteiger partial charge in [0.2, 0.25) is 0 Å². The lowest BCUT2D eigenvalue weighted by Crippen LogP contribution is -2.37. The molecule has 142 valence electrons. The number of ether oxygens (including phenoxy) is 1. The normalized spacial score (nSPS) is 14.5. The van der Waals surface area contributed by atoms with E-state index in [-0.39, 0.29) is 17.6 Å². The fourth-order valence-electron chi connectivity index (χ4n) is 2.72. The molecule has 0 saturated heterocycles. The molecule has 0 bridgehead atoms. The Kier molecular flexibility index (Phi) is 5.34. The predicted molar refractivity (Wildman–Crippen MR) is 92.7 cm³/mol. The molecule has 4 nitrogen and oxygen atoms in total. The van der Waals surface area contributed by atoms with Crippen molar-refractivity contribution in [2.45, 2.75) is 12.8 Å². The molecule has 2 aromatic carbocycles. The van der Waals surface area contributed by atoms with Crippen molar-refractivity contribution in [3.63, 3.8) is 0 Å². The summed E-state index contributed by atoms with van der Waals surface area (Å²) in [6, 6.07) is 10.8. The average molecular weight is 380 g/mol. The molecular weight excluding hydrogens is 364 g/mol. The van der Waals surface area contributed by atoms with Gasteiger partial charge in [0, 0.05) is 18.8 Å². The van der Waals surface area contributed by atoms with E-state index in [0.29, 0.717) is 25.2 Å². The van der Waals surface area contributed by atoms with E-state index in [1.165, 1.54) is 24.3 Å². The molecule has 3 rings (SSSR count). The molecule has 0 atom stereocenters. The summed E-state index contributed by atoms with van der Waals surface area (Å²) >= 11 is 0. The van der Waals surface area contributed by atoms with Crippen molar-refractivity contribution in [1.29, 1.82) is 0 Å². The van der Waals surface area contributed by atoms with E-state index in [0.717, 1.165) is 23.3 Å². The van der Waals surface area contributed by atoms with Crippen molar-refractivity contribution >= 4 is 17.3 Å². The van der Waals surface area contributed by atoms with Gasteiger partial charge < -0.3 is 15.0 Å². The maximum atomic E-state index is 13.0. The predicted octanol–water partition coefficient (Wildman–Crippen LogP) is 5.05. The highest BCUT2D eigenvalue weighted by Gasteiger charge is 2.31. The van der Waals surface area contributed by atoms with Gasteiger partial charge in [0.25, 0.3) is 0 Å². The van der Waals surface area contributed by atoms with Gasteiger partial charge in [-0.3, -0.25) is 0 Å². The number of benzene rings is 2. The summed E-state index contributed by atoms with van der Waals surface area (Å²) in [5.41, 5.74) is 2.31. The maximum Gasteiger partial charge on any atom is 0.573 e. The number of urea groups is 1. The number of halogens is 4. The molecule has 0 saturated carbocycles. The smallest absolute Gasteiger partial charge is 0.406 e. The van der Waals surface area contributed by atoms with E-state index in [1.54, 1.807) is 17.0 Å². The minimum absolute atomic E-state index is 0.303. The van der Waals surface area contributed by atoms with E-state index in [9.17, 15) is 22.4 Å². The van der Waals surface area contributed by atoms with Gasteiger partial charge in [0.15, 0.2) is 0 Å². The molecule has 0 spiro atoms. The number of nitrogens with one attached hydrogen (secondary N) is 1. The Balaban J connectivity index is 1.57. The van der Waals surface area contributed by atoms with Gasteiger partial charge in [-0.25, -0.2) is 9.18 Å².